The van der Waals surface area contributed by atoms with Crippen LogP contribution >= 0.6 is 0 Å². The fourth-order valence-electron chi connectivity index (χ4n) is 1.78. The van der Waals surface area contributed by atoms with Crippen LogP contribution in [0.25, 0.3) is 0 Å². The van der Waals surface area contributed by atoms with Crippen LogP contribution in [0.5, 0.6) is 0 Å². The number of nitrogens with zero attached hydrogens (tertiary/aromatic N) is 1. The highest BCUT2D eigenvalue weighted by Crippen LogP contribution is 2.29. The van der Waals surface area contributed by atoms with E-state index in [2.05, 4.69) is 12.1 Å². The average molecular weight is 189 g/mol. The van der Waals surface area contributed by atoms with Crippen molar-refractivity contribution in [1.29, 1.82) is 0 Å². The summed E-state index contributed by atoms with van der Waals surface area (Å²) in [6.07, 6.45) is 0.965. The zero-order chi connectivity index (χ0) is 9.97. The van der Waals surface area contributed by atoms with Gasteiger partial charge in [-0.1, -0.05) is 30.3 Å². The van der Waals surface area contributed by atoms with Crippen molar-refractivity contribution < 1.29 is 4.79 Å². The first kappa shape index (κ1) is 9.06. The lowest BCUT2D eigenvalue weighted by Crippen LogP contribution is -2.30. The van der Waals surface area contributed by atoms with Crippen molar-refractivity contribution in [3.8, 4) is 0 Å². The highest BCUT2D eigenvalue weighted by atomic mass is 16.2. The second-order valence-corrected chi connectivity index (χ2v) is 3.49. The summed E-state index contributed by atoms with van der Waals surface area (Å²) >= 11 is 0. The summed E-state index contributed by atoms with van der Waals surface area (Å²) in [6, 6.07) is 9.80. The molecule has 1 radical (unpaired) electrons. The molecule has 2 amide bonds. The summed E-state index contributed by atoms with van der Waals surface area (Å²) < 4.78 is 0. The maximum atomic E-state index is 10.9. The first-order valence-corrected chi connectivity index (χ1v) is 4.73. The number of hydrogen-bond acceptors (Lipinski definition) is 1. The molecule has 0 bridgehead atoms. The van der Waals surface area contributed by atoms with Crippen molar-refractivity contribution >= 4 is 6.03 Å². The Balaban J connectivity index is 2.06. The summed E-state index contributed by atoms with van der Waals surface area (Å²) in [5.41, 5.74) is 6.44. The molecule has 0 spiro atoms. The lowest BCUT2D eigenvalue weighted by molar-refractivity contribution is 0.225. The van der Waals surface area contributed by atoms with E-state index in [1.165, 1.54) is 5.56 Å². The van der Waals surface area contributed by atoms with Gasteiger partial charge in [0.2, 0.25) is 0 Å². The van der Waals surface area contributed by atoms with E-state index in [0.717, 1.165) is 13.0 Å². The van der Waals surface area contributed by atoms with Gasteiger partial charge in [-0.05, 0) is 12.0 Å². The van der Waals surface area contributed by atoms with Gasteiger partial charge in [-0.25, -0.2) is 4.79 Å². The Morgan fingerprint density at radius 2 is 2.07 bits per heavy atom. The van der Waals surface area contributed by atoms with Crippen LogP contribution in [0.15, 0.2) is 30.3 Å². The van der Waals surface area contributed by atoms with Crippen molar-refractivity contribution in [1.82, 2.24) is 4.90 Å². The van der Waals surface area contributed by atoms with Gasteiger partial charge in [0.1, 0.15) is 0 Å². The molecule has 1 saturated heterocycles. The maximum Gasteiger partial charge on any atom is 0.315 e. The van der Waals surface area contributed by atoms with E-state index >= 15 is 0 Å². The standard InChI is InChI=1S/C11H13N2O/c12-11(14)13-7-6-10(8-13)9-4-2-1-3-5-9/h1-5,8,10H,6-7H2,(H2,12,14)/t10-/m0/s1. The van der Waals surface area contributed by atoms with Crippen molar-refractivity contribution in [2.45, 2.75) is 12.3 Å². The van der Waals surface area contributed by atoms with E-state index in [-0.39, 0.29) is 6.03 Å². The number of nitrogens with two attached hydrogens (primary N) is 1. The summed E-state index contributed by atoms with van der Waals surface area (Å²) in [5.74, 6) is 0.337. The molecule has 3 nitrogen and oxygen atoms in total. The minimum Gasteiger partial charge on any atom is -0.351 e. The van der Waals surface area contributed by atoms with Crippen LogP contribution in [0.2, 0.25) is 0 Å². The molecular formula is C11H13N2O. The number of primary amides is 1. The van der Waals surface area contributed by atoms with E-state index < -0.39 is 0 Å². The van der Waals surface area contributed by atoms with E-state index in [1.54, 1.807) is 4.90 Å². The van der Waals surface area contributed by atoms with Gasteiger partial charge in [-0.3, -0.25) is 0 Å². The van der Waals surface area contributed by atoms with Gasteiger partial charge in [-0.15, -0.1) is 0 Å². The van der Waals surface area contributed by atoms with E-state index in [1.807, 2.05) is 24.7 Å². The Morgan fingerprint density at radius 3 is 2.64 bits per heavy atom. The number of benzene rings is 1. The number of rotatable bonds is 1. The SMILES string of the molecule is NC(=O)N1[CH][C@@H](c2ccccc2)CC1. The fraction of sp³-hybridized carbons (Fsp3) is 0.273. The average Bonchev–Trinajstić information content (AvgIpc) is 2.68. The first-order valence-electron chi connectivity index (χ1n) is 4.73. The maximum absolute atomic E-state index is 10.9. The number of urea groups is 1. The molecule has 14 heavy (non-hydrogen) atoms. The smallest absolute Gasteiger partial charge is 0.315 e. The second-order valence-electron chi connectivity index (χ2n) is 3.49. The molecule has 0 aromatic heterocycles. The first-order chi connectivity index (χ1) is 6.77. The van der Waals surface area contributed by atoms with Gasteiger partial charge in [0, 0.05) is 12.5 Å². The van der Waals surface area contributed by atoms with Crippen LogP contribution < -0.4 is 5.73 Å². The van der Waals surface area contributed by atoms with Gasteiger partial charge >= 0.3 is 6.03 Å². The molecule has 0 saturated carbocycles. The molecule has 1 atom stereocenters. The predicted molar refractivity (Wildman–Crippen MR) is 54.4 cm³/mol. The van der Waals surface area contributed by atoms with E-state index in [4.69, 9.17) is 5.73 Å². The van der Waals surface area contributed by atoms with Gasteiger partial charge < -0.3 is 10.6 Å². The molecule has 1 aromatic rings. The minimum absolute atomic E-state index is 0.337. The molecule has 1 aliphatic heterocycles. The third kappa shape index (κ3) is 1.71. The number of likely N-dealkylation sites (tertiary alicyclic amines) is 1. The Labute approximate surface area is 83.5 Å². The van der Waals surface area contributed by atoms with Crippen LogP contribution in [0.4, 0.5) is 4.79 Å². The minimum atomic E-state index is -0.358. The molecule has 1 fully saturated rings. The van der Waals surface area contributed by atoms with E-state index in [9.17, 15) is 4.79 Å². The highest BCUT2D eigenvalue weighted by Gasteiger charge is 2.26. The molecule has 2 N–H and O–H groups in total. The molecule has 0 aliphatic carbocycles. The molecule has 1 aliphatic rings. The monoisotopic (exact) mass is 189 g/mol. The topological polar surface area (TPSA) is 46.3 Å². The van der Waals surface area contributed by atoms with Gasteiger partial charge in [-0.2, -0.15) is 0 Å². The Hall–Kier alpha value is -1.51. The molecule has 3 heteroatoms. The van der Waals surface area contributed by atoms with Crippen LogP contribution in [0.1, 0.15) is 17.9 Å². The molecular weight excluding hydrogens is 176 g/mol. The Kier molecular flexibility index (Phi) is 2.39. The van der Waals surface area contributed by atoms with Gasteiger partial charge in [0.05, 0.1) is 6.54 Å². The van der Waals surface area contributed by atoms with Gasteiger partial charge in [0.25, 0.3) is 0 Å². The van der Waals surface area contributed by atoms with Crippen molar-refractivity contribution in [3.63, 3.8) is 0 Å². The third-order valence-corrected chi connectivity index (χ3v) is 2.55. The number of amides is 2. The zero-order valence-electron chi connectivity index (χ0n) is 7.89. The number of hydrogen-bond donors (Lipinski definition) is 1. The van der Waals surface area contributed by atoms with Crippen LogP contribution in [-0.2, 0) is 0 Å². The van der Waals surface area contributed by atoms with E-state index in [0.29, 0.717) is 5.92 Å². The normalized spacial score (nSPS) is 21.1. The molecule has 0 unspecified atom stereocenters. The summed E-state index contributed by atoms with van der Waals surface area (Å²) in [6.45, 7) is 2.65. The van der Waals surface area contributed by atoms with Crippen LogP contribution in [0, 0.1) is 6.54 Å². The molecule has 1 heterocycles. The second kappa shape index (κ2) is 3.70. The summed E-state index contributed by atoms with van der Waals surface area (Å²) in [4.78, 5) is 12.5. The van der Waals surface area contributed by atoms with Crippen molar-refractivity contribution in [2.24, 2.45) is 5.73 Å². The highest BCUT2D eigenvalue weighted by molar-refractivity contribution is 5.73. The quantitative estimate of drug-likeness (QED) is 0.718. The third-order valence-electron chi connectivity index (χ3n) is 2.55. The number of carbonyl (C=O) groups is 1. The van der Waals surface area contributed by atoms with Crippen molar-refractivity contribution in [3.05, 3.63) is 42.4 Å². The fourth-order valence-corrected chi connectivity index (χ4v) is 1.78. The molecule has 73 valence electrons. The Bertz CT molecular complexity index is 323. The summed E-state index contributed by atoms with van der Waals surface area (Å²) in [7, 11) is 0. The van der Waals surface area contributed by atoms with Crippen molar-refractivity contribution in [2.75, 3.05) is 6.54 Å². The largest absolute Gasteiger partial charge is 0.351 e. The lowest BCUT2D eigenvalue weighted by atomic mass is 9.99. The predicted octanol–water partition coefficient (Wildman–Crippen LogP) is 1.72. The summed E-state index contributed by atoms with van der Waals surface area (Å²) in [5, 5.41) is 0. The Morgan fingerprint density at radius 1 is 1.36 bits per heavy atom. The molecule has 2 rings (SSSR count). The van der Waals surface area contributed by atoms with Crippen LogP contribution in [-0.4, -0.2) is 17.5 Å². The van der Waals surface area contributed by atoms with Gasteiger partial charge in [0.15, 0.2) is 0 Å². The zero-order valence-corrected chi connectivity index (χ0v) is 7.89. The number of carbonyl (C=O) groups excluding carboxylic acids is 1. The lowest BCUT2D eigenvalue weighted by Gasteiger charge is -2.12. The van der Waals surface area contributed by atoms with Crippen LogP contribution in [0.3, 0.4) is 0 Å². The molecule has 1 aromatic carbocycles.